The zero-order valence-electron chi connectivity index (χ0n) is 9.55. The Balaban J connectivity index is 1.94. The fourth-order valence-electron chi connectivity index (χ4n) is 2.21. The van der Waals surface area contributed by atoms with E-state index in [0.717, 1.165) is 33.2 Å². The molecular weight excluding hydrogens is 224 g/mol. The number of rotatable bonds is 1. The number of benzene rings is 2. The van der Waals surface area contributed by atoms with Crippen LogP contribution in [-0.2, 0) is 0 Å². The fraction of sp³-hybridized carbons (Fsp3) is 0. The molecule has 0 saturated carbocycles. The van der Waals surface area contributed by atoms with Gasteiger partial charge >= 0.3 is 0 Å². The minimum Gasteiger partial charge on any atom is -0.456 e. The summed E-state index contributed by atoms with van der Waals surface area (Å²) in [5.41, 5.74) is 2.99. The van der Waals surface area contributed by atoms with Crippen molar-refractivity contribution in [1.82, 2.24) is 10.2 Å². The average Bonchev–Trinajstić information content (AvgIpc) is 3.04. The molecule has 0 aliphatic rings. The van der Waals surface area contributed by atoms with Gasteiger partial charge in [0.15, 0.2) is 0 Å². The number of nitrogens with zero attached hydrogens (tertiary/aromatic N) is 1. The van der Waals surface area contributed by atoms with Crippen molar-refractivity contribution in [1.29, 1.82) is 0 Å². The zero-order chi connectivity index (χ0) is 11.9. The summed E-state index contributed by atoms with van der Waals surface area (Å²) in [6.07, 6.45) is 1.82. The molecule has 0 aliphatic heterocycles. The number of nitrogens with one attached hydrogen (secondary N) is 1. The third-order valence-corrected chi connectivity index (χ3v) is 3.15. The Labute approximate surface area is 103 Å². The van der Waals surface area contributed by atoms with Crippen molar-refractivity contribution >= 4 is 21.9 Å². The van der Waals surface area contributed by atoms with Crippen LogP contribution in [0, 0.1) is 0 Å². The summed E-state index contributed by atoms with van der Waals surface area (Å²) in [6.45, 7) is 0. The lowest BCUT2D eigenvalue weighted by atomic mass is 10.1. The van der Waals surface area contributed by atoms with Crippen molar-refractivity contribution in [2.24, 2.45) is 0 Å². The number of furan rings is 1. The van der Waals surface area contributed by atoms with E-state index in [1.54, 1.807) is 0 Å². The quantitative estimate of drug-likeness (QED) is 0.541. The second-order valence-electron chi connectivity index (χ2n) is 4.32. The summed E-state index contributed by atoms with van der Waals surface area (Å²) in [4.78, 5) is 0. The molecule has 0 fully saturated rings. The van der Waals surface area contributed by atoms with E-state index in [2.05, 4.69) is 34.5 Å². The lowest BCUT2D eigenvalue weighted by molar-refractivity contribution is 0.631. The van der Waals surface area contributed by atoms with Gasteiger partial charge in [-0.3, -0.25) is 5.10 Å². The molecule has 1 N–H and O–H groups in total. The van der Waals surface area contributed by atoms with Crippen molar-refractivity contribution < 1.29 is 4.42 Å². The average molecular weight is 234 g/mol. The number of hydrogen-bond donors (Lipinski definition) is 1. The van der Waals surface area contributed by atoms with Crippen molar-refractivity contribution in [2.75, 3.05) is 0 Å². The van der Waals surface area contributed by atoms with Gasteiger partial charge < -0.3 is 4.42 Å². The predicted molar refractivity (Wildman–Crippen MR) is 71.3 cm³/mol. The molecule has 4 rings (SSSR count). The third kappa shape index (κ3) is 1.34. The van der Waals surface area contributed by atoms with Crippen LogP contribution in [-0.4, -0.2) is 10.2 Å². The number of H-pyrrole nitrogens is 1. The fourth-order valence-corrected chi connectivity index (χ4v) is 2.21. The molecule has 0 aliphatic carbocycles. The molecule has 0 radical (unpaired) electrons. The Morgan fingerprint density at radius 3 is 2.83 bits per heavy atom. The zero-order valence-corrected chi connectivity index (χ0v) is 9.55. The topological polar surface area (TPSA) is 41.8 Å². The van der Waals surface area contributed by atoms with E-state index in [4.69, 9.17) is 4.42 Å². The molecule has 2 aromatic carbocycles. The Kier molecular flexibility index (Phi) is 1.83. The smallest absolute Gasteiger partial charge is 0.135 e. The molecule has 3 nitrogen and oxygen atoms in total. The van der Waals surface area contributed by atoms with Crippen LogP contribution in [0.1, 0.15) is 0 Å². The summed E-state index contributed by atoms with van der Waals surface area (Å²) in [5, 5.41) is 9.22. The first kappa shape index (κ1) is 9.48. The van der Waals surface area contributed by atoms with Crippen molar-refractivity contribution in [3.63, 3.8) is 0 Å². The van der Waals surface area contributed by atoms with Gasteiger partial charge in [-0.15, -0.1) is 0 Å². The lowest BCUT2D eigenvalue weighted by Crippen LogP contribution is -1.74. The summed E-state index contributed by atoms with van der Waals surface area (Å²) < 4.78 is 5.85. The molecule has 4 aromatic rings. The van der Waals surface area contributed by atoms with Gasteiger partial charge in [-0.05, 0) is 18.2 Å². The van der Waals surface area contributed by atoms with Gasteiger partial charge in [0.1, 0.15) is 11.3 Å². The molecule has 2 heterocycles. The monoisotopic (exact) mass is 234 g/mol. The number of para-hydroxylation sites is 1. The Bertz CT molecular complexity index is 809. The van der Waals surface area contributed by atoms with Crippen LogP contribution in [0.25, 0.3) is 33.2 Å². The first-order valence-electron chi connectivity index (χ1n) is 5.82. The molecule has 0 unspecified atom stereocenters. The van der Waals surface area contributed by atoms with Gasteiger partial charge in [0.25, 0.3) is 0 Å². The molecule has 18 heavy (non-hydrogen) atoms. The second kappa shape index (κ2) is 3.47. The van der Waals surface area contributed by atoms with Crippen molar-refractivity contribution in [3.05, 3.63) is 54.7 Å². The van der Waals surface area contributed by atoms with E-state index in [1.165, 1.54) is 0 Å². The molecule has 86 valence electrons. The van der Waals surface area contributed by atoms with Gasteiger partial charge in [-0.25, -0.2) is 0 Å². The molecule has 0 saturated heterocycles. The van der Waals surface area contributed by atoms with Crippen molar-refractivity contribution in [3.8, 4) is 11.3 Å². The normalized spacial score (nSPS) is 11.3. The van der Waals surface area contributed by atoms with E-state index in [9.17, 15) is 0 Å². The van der Waals surface area contributed by atoms with Gasteiger partial charge in [0.05, 0.1) is 11.7 Å². The van der Waals surface area contributed by atoms with Crippen LogP contribution < -0.4 is 0 Å². The molecule has 0 spiro atoms. The van der Waals surface area contributed by atoms with E-state index in [0.29, 0.717) is 0 Å². The van der Waals surface area contributed by atoms with Crippen LogP contribution in [0.4, 0.5) is 0 Å². The SMILES string of the molecule is c1ccc2oc(-c3ccc4cn[nH]c4c3)cc2c1. The van der Waals surface area contributed by atoms with E-state index >= 15 is 0 Å². The first-order valence-corrected chi connectivity index (χ1v) is 5.82. The summed E-state index contributed by atoms with van der Waals surface area (Å²) in [7, 11) is 0. The van der Waals surface area contributed by atoms with Crippen LogP contribution in [0.3, 0.4) is 0 Å². The minimum absolute atomic E-state index is 0.882. The largest absolute Gasteiger partial charge is 0.456 e. The van der Waals surface area contributed by atoms with E-state index < -0.39 is 0 Å². The van der Waals surface area contributed by atoms with Crippen LogP contribution >= 0.6 is 0 Å². The highest BCUT2D eigenvalue weighted by Gasteiger charge is 2.06. The first-order chi connectivity index (χ1) is 8.90. The maximum atomic E-state index is 5.85. The van der Waals surface area contributed by atoms with Crippen molar-refractivity contribution in [2.45, 2.75) is 0 Å². The number of aromatic nitrogens is 2. The van der Waals surface area contributed by atoms with E-state index in [-0.39, 0.29) is 0 Å². The highest BCUT2D eigenvalue weighted by molar-refractivity contribution is 5.86. The summed E-state index contributed by atoms with van der Waals surface area (Å²) >= 11 is 0. The second-order valence-corrected chi connectivity index (χ2v) is 4.32. The van der Waals surface area contributed by atoms with Gasteiger partial charge in [0, 0.05) is 16.3 Å². The Morgan fingerprint density at radius 1 is 0.944 bits per heavy atom. The summed E-state index contributed by atoms with van der Waals surface area (Å²) in [5.74, 6) is 0.882. The van der Waals surface area contributed by atoms with Gasteiger partial charge in [-0.2, -0.15) is 5.10 Å². The van der Waals surface area contributed by atoms with Gasteiger partial charge in [-0.1, -0.05) is 30.3 Å². The number of fused-ring (bicyclic) bond motifs is 2. The van der Waals surface area contributed by atoms with Crippen LogP contribution in [0.5, 0.6) is 0 Å². The van der Waals surface area contributed by atoms with Crippen LogP contribution in [0.2, 0.25) is 0 Å². The summed E-state index contributed by atoms with van der Waals surface area (Å²) in [6, 6.07) is 16.2. The molecule has 0 bridgehead atoms. The lowest BCUT2D eigenvalue weighted by Gasteiger charge is -1.96. The maximum Gasteiger partial charge on any atom is 0.135 e. The standard InChI is InChI=1S/C15H10N2O/c1-2-4-14-10(3-1)8-15(18-14)11-5-6-12-9-16-17-13(12)7-11/h1-9H,(H,16,17). The highest BCUT2D eigenvalue weighted by Crippen LogP contribution is 2.29. The molecular formula is C15H10N2O. The number of hydrogen-bond acceptors (Lipinski definition) is 2. The number of aromatic amines is 1. The van der Waals surface area contributed by atoms with Gasteiger partial charge in [0.2, 0.25) is 0 Å². The Hall–Kier alpha value is -2.55. The molecule has 3 heteroatoms. The predicted octanol–water partition coefficient (Wildman–Crippen LogP) is 3.98. The highest BCUT2D eigenvalue weighted by atomic mass is 16.3. The maximum absolute atomic E-state index is 5.85. The van der Waals surface area contributed by atoms with E-state index in [1.807, 2.05) is 30.5 Å². The third-order valence-electron chi connectivity index (χ3n) is 3.15. The Morgan fingerprint density at radius 2 is 1.89 bits per heavy atom. The molecule has 2 aromatic heterocycles. The molecule has 0 atom stereocenters. The van der Waals surface area contributed by atoms with Crippen LogP contribution in [0.15, 0.2) is 59.1 Å². The minimum atomic E-state index is 0.882. The molecule has 0 amide bonds.